The van der Waals surface area contributed by atoms with Gasteiger partial charge in [-0.2, -0.15) is 4.99 Å². The Hall–Kier alpha value is -3.81. The average molecular weight is 375 g/mol. The molecule has 8 heteroatoms. The van der Waals surface area contributed by atoms with Gasteiger partial charge in [0.25, 0.3) is 5.91 Å². The first kappa shape index (κ1) is 17.6. The maximum absolute atomic E-state index is 12.4. The number of allylic oxidation sites excluding steroid dienone is 1. The molecule has 1 aromatic heterocycles. The summed E-state index contributed by atoms with van der Waals surface area (Å²) in [5.74, 6) is -1.09. The van der Waals surface area contributed by atoms with Crippen LogP contribution in [0.25, 0.3) is 5.69 Å². The molecule has 2 aliphatic rings. The van der Waals surface area contributed by atoms with Gasteiger partial charge in [0.15, 0.2) is 0 Å². The summed E-state index contributed by atoms with van der Waals surface area (Å²) in [4.78, 5) is 45.7. The molecule has 1 aromatic carbocycles. The van der Waals surface area contributed by atoms with Crippen molar-refractivity contribution in [3.63, 3.8) is 0 Å². The van der Waals surface area contributed by atoms with Crippen LogP contribution in [0.5, 0.6) is 0 Å². The average Bonchev–Trinajstić information content (AvgIpc) is 3.25. The van der Waals surface area contributed by atoms with Gasteiger partial charge in [0.05, 0.1) is 0 Å². The number of fused-ring (bicyclic) bond motifs is 1. The second-order valence-electron chi connectivity index (χ2n) is 6.28. The molecular weight excluding hydrogens is 358 g/mol. The minimum absolute atomic E-state index is 0.0513. The number of hydrogen-bond donors (Lipinski definition) is 1. The number of dihydropyridines is 1. The zero-order valence-electron chi connectivity index (χ0n) is 14.9. The van der Waals surface area contributed by atoms with Crippen molar-refractivity contribution in [3.05, 3.63) is 66.5 Å². The first-order valence-electron chi connectivity index (χ1n) is 8.80. The first-order chi connectivity index (χ1) is 13.6. The van der Waals surface area contributed by atoms with Gasteiger partial charge < -0.3 is 9.88 Å². The van der Waals surface area contributed by atoms with Crippen LogP contribution in [0.15, 0.2) is 70.9 Å². The zero-order chi connectivity index (χ0) is 19.5. The number of nitrogens with one attached hydrogen (secondary N) is 1. The van der Waals surface area contributed by atoms with Crippen molar-refractivity contribution in [2.75, 3.05) is 13.1 Å². The second-order valence-corrected chi connectivity index (χ2v) is 6.28. The van der Waals surface area contributed by atoms with Gasteiger partial charge in [-0.15, -0.1) is 0 Å². The number of amidine groups is 1. The molecule has 4 amide bonds. The lowest BCUT2D eigenvalue weighted by Gasteiger charge is -2.27. The summed E-state index contributed by atoms with van der Waals surface area (Å²) in [6, 6.07) is 10.3. The fourth-order valence-corrected chi connectivity index (χ4v) is 3.04. The smallest absolute Gasteiger partial charge is 0.350 e. The van der Waals surface area contributed by atoms with Crippen molar-refractivity contribution < 1.29 is 14.4 Å². The normalized spacial score (nSPS) is 18.1. The number of amides is 4. The fraction of sp³-hybridized carbons (Fsp3) is 0.150. The standard InChI is InChI=1S/C20H17N5O3/c26-18(14-5-7-15(8-6-14)24-11-1-2-12-24)22-10-13-25-19(27)16-4-3-9-21-17(16)23-20(25)28/h1-9,11-12,16H,10,13H2,(H,22,26). The Morgan fingerprint density at radius 1 is 1.11 bits per heavy atom. The van der Waals surface area contributed by atoms with E-state index in [4.69, 9.17) is 0 Å². The molecule has 1 atom stereocenters. The fourth-order valence-electron chi connectivity index (χ4n) is 3.04. The molecule has 8 nitrogen and oxygen atoms in total. The van der Waals surface area contributed by atoms with Crippen molar-refractivity contribution in [1.82, 2.24) is 14.8 Å². The maximum atomic E-state index is 12.4. The molecule has 0 saturated heterocycles. The van der Waals surface area contributed by atoms with Crippen LogP contribution in [0.3, 0.4) is 0 Å². The molecule has 0 saturated carbocycles. The van der Waals surface area contributed by atoms with Gasteiger partial charge in [0.2, 0.25) is 5.91 Å². The Morgan fingerprint density at radius 2 is 1.86 bits per heavy atom. The third kappa shape index (κ3) is 3.39. The number of rotatable bonds is 5. The van der Waals surface area contributed by atoms with Crippen LogP contribution >= 0.6 is 0 Å². The van der Waals surface area contributed by atoms with Crippen molar-refractivity contribution in [3.8, 4) is 5.69 Å². The summed E-state index contributed by atoms with van der Waals surface area (Å²) in [5, 5.41) is 2.73. The molecule has 0 radical (unpaired) electrons. The summed E-state index contributed by atoms with van der Waals surface area (Å²) in [6.07, 6.45) is 8.63. The highest BCUT2D eigenvalue weighted by atomic mass is 16.2. The molecule has 2 aromatic rings. The third-order valence-corrected chi connectivity index (χ3v) is 4.50. The second kappa shape index (κ2) is 7.43. The summed E-state index contributed by atoms with van der Waals surface area (Å²) in [5.41, 5.74) is 1.44. The predicted octanol–water partition coefficient (Wildman–Crippen LogP) is 1.82. The maximum Gasteiger partial charge on any atom is 0.352 e. The molecule has 0 spiro atoms. The van der Waals surface area contributed by atoms with E-state index in [0.717, 1.165) is 10.6 Å². The van der Waals surface area contributed by atoms with Crippen LogP contribution in [-0.2, 0) is 4.79 Å². The van der Waals surface area contributed by atoms with Crippen LogP contribution in [0, 0.1) is 5.92 Å². The Bertz CT molecular complexity index is 1000. The third-order valence-electron chi connectivity index (χ3n) is 4.50. The van der Waals surface area contributed by atoms with Gasteiger partial charge >= 0.3 is 6.03 Å². The number of benzene rings is 1. The lowest BCUT2D eigenvalue weighted by atomic mass is 10.0. The molecule has 4 rings (SSSR count). The number of aromatic nitrogens is 1. The molecule has 2 aliphatic heterocycles. The first-order valence-corrected chi connectivity index (χ1v) is 8.80. The van der Waals surface area contributed by atoms with E-state index in [1.165, 1.54) is 6.21 Å². The van der Waals surface area contributed by atoms with Crippen LogP contribution in [0.1, 0.15) is 10.4 Å². The van der Waals surface area contributed by atoms with E-state index in [1.807, 2.05) is 41.2 Å². The monoisotopic (exact) mass is 375 g/mol. The van der Waals surface area contributed by atoms with Gasteiger partial charge in [-0.1, -0.05) is 6.08 Å². The van der Waals surface area contributed by atoms with Gasteiger partial charge in [-0.25, -0.2) is 9.79 Å². The van der Waals surface area contributed by atoms with Crippen molar-refractivity contribution in [2.45, 2.75) is 0 Å². The van der Waals surface area contributed by atoms with Crippen LogP contribution in [0.4, 0.5) is 4.79 Å². The van der Waals surface area contributed by atoms with Crippen molar-refractivity contribution in [2.24, 2.45) is 15.9 Å². The number of urea groups is 1. The number of imide groups is 1. The largest absolute Gasteiger partial charge is 0.352 e. The van der Waals surface area contributed by atoms with E-state index in [1.54, 1.807) is 24.3 Å². The van der Waals surface area contributed by atoms with E-state index in [-0.39, 0.29) is 30.7 Å². The van der Waals surface area contributed by atoms with Gasteiger partial charge in [-0.05, 0) is 42.5 Å². The Labute approximate surface area is 160 Å². The predicted molar refractivity (Wildman–Crippen MR) is 104 cm³/mol. The van der Waals surface area contributed by atoms with Crippen LogP contribution < -0.4 is 5.32 Å². The molecule has 1 N–H and O–H groups in total. The van der Waals surface area contributed by atoms with E-state index in [0.29, 0.717) is 5.56 Å². The highest BCUT2D eigenvalue weighted by Gasteiger charge is 2.36. The highest BCUT2D eigenvalue weighted by molar-refractivity contribution is 6.19. The van der Waals surface area contributed by atoms with E-state index >= 15 is 0 Å². The minimum atomic E-state index is -0.658. The van der Waals surface area contributed by atoms with E-state index in [2.05, 4.69) is 15.3 Å². The van der Waals surface area contributed by atoms with Crippen molar-refractivity contribution >= 4 is 29.9 Å². The zero-order valence-corrected chi connectivity index (χ0v) is 14.9. The van der Waals surface area contributed by atoms with Crippen LogP contribution in [0.2, 0.25) is 0 Å². The van der Waals surface area contributed by atoms with E-state index in [9.17, 15) is 14.4 Å². The molecule has 28 heavy (non-hydrogen) atoms. The number of aliphatic imine (C=N–C) groups is 2. The molecule has 140 valence electrons. The Morgan fingerprint density at radius 3 is 2.61 bits per heavy atom. The van der Waals surface area contributed by atoms with Gasteiger partial charge in [-0.3, -0.25) is 14.5 Å². The summed E-state index contributed by atoms with van der Waals surface area (Å²) >= 11 is 0. The van der Waals surface area contributed by atoms with Crippen LogP contribution in [-0.4, -0.2) is 52.5 Å². The van der Waals surface area contributed by atoms with E-state index < -0.39 is 11.9 Å². The van der Waals surface area contributed by atoms with Crippen molar-refractivity contribution in [1.29, 1.82) is 0 Å². The molecular formula is C20H17N5O3. The molecule has 0 aliphatic carbocycles. The molecule has 0 fully saturated rings. The molecule has 1 unspecified atom stereocenters. The lowest BCUT2D eigenvalue weighted by molar-refractivity contribution is -0.129. The topological polar surface area (TPSA) is 96.1 Å². The quantitative estimate of drug-likeness (QED) is 0.863. The SMILES string of the molecule is O=C(NCCN1C(=O)N=C2N=CC=CC2C1=O)c1ccc(-n2cccc2)cc1. The number of carbonyl (C=O) groups is 3. The Kier molecular flexibility index (Phi) is 4.67. The number of carbonyl (C=O) groups excluding carboxylic acids is 3. The highest BCUT2D eigenvalue weighted by Crippen LogP contribution is 2.18. The molecule has 3 heterocycles. The lowest BCUT2D eigenvalue weighted by Crippen LogP contribution is -2.48. The summed E-state index contributed by atoms with van der Waals surface area (Å²) in [7, 11) is 0. The summed E-state index contributed by atoms with van der Waals surface area (Å²) < 4.78 is 1.94. The van der Waals surface area contributed by atoms with Gasteiger partial charge in [0, 0.05) is 42.9 Å². The van der Waals surface area contributed by atoms with Gasteiger partial charge in [0.1, 0.15) is 11.8 Å². The number of nitrogens with zero attached hydrogens (tertiary/aromatic N) is 4. The number of hydrogen-bond acceptors (Lipinski definition) is 4. The molecule has 0 bridgehead atoms. The minimum Gasteiger partial charge on any atom is -0.350 e. The Balaban J connectivity index is 1.35. The summed E-state index contributed by atoms with van der Waals surface area (Å²) in [6.45, 7) is 0.190.